The van der Waals surface area contributed by atoms with Crippen LogP contribution in [0.25, 0.3) is 0 Å². The molecule has 1 aromatic rings. The Bertz CT molecular complexity index is 383. The fourth-order valence-corrected chi connectivity index (χ4v) is 1.75. The molecule has 0 aliphatic rings. The Morgan fingerprint density at radius 3 is 2.47 bits per heavy atom. The molecular weight excluding hydrogens is 249 g/mol. The Balaban J connectivity index is 2.35. The van der Waals surface area contributed by atoms with Gasteiger partial charge >= 0.3 is 0 Å². The molecule has 0 heterocycles. The van der Waals surface area contributed by atoms with Crippen LogP contribution in [-0.4, -0.2) is 55.1 Å². The highest BCUT2D eigenvalue weighted by molar-refractivity contribution is 5.23. The predicted molar refractivity (Wildman–Crippen MR) is 71.7 cm³/mol. The lowest BCUT2D eigenvalue weighted by molar-refractivity contribution is 0.0389. The lowest BCUT2D eigenvalue weighted by atomic mass is 9.92. The number of para-hydroxylation sites is 1. The molecule has 0 aromatic heterocycles. The third-order valence-corrected chi connectivity index (χ3v) is 2.98. The van der Waals surface area contributed by atoms with Crippen molar-refractivity contribution in [3.63, 3.8) is 0 Å². The van der Waals surface area contributed by atoms with Gasteiger partial charge in [-0.05, 0) is 19.2 Å². The quantitative estimate of drug-likeness (QED) is 0.744. The van der Waals surface area contributed by atoms with Crippen molar-refractivity contribution in [2.75, 3.05) is 40.0 Å². The zero-order valence-corrected chi connectivity index (χ0v) is 11.5. The summed E-state index contributed by atoms with van der Waals surface area (Å²) in [6.07, 6.45) is 0. The molecule has 19 heavy (non-hydrogen) atoms. The summed E-state index contributed by atoms with van der Waals surface area (Å²) in [5.41, 5.74) is -0.535. The van der Waals surface area contributed by atoms with E-state index in [0.717, 1.165) is 0 Å². The molecule has 0 saturated carbocycles. The monoisotopic (exact) mass is 271 g/mol. The van der Waals surface area contributed by atoms with Crippen LogP contribution in [0.5, 0.6) is 5.75 Å². The summed E-state index contributed by atoms with van der Waals surface area (Å²) in [4.78, 5) is 1.94. The molecule has 108 valence electrons. The number of likely N-dealkylation sites (N-methyl/N-ethyl adjacent to an activating group) is 1. The van der Waals surface area contributed by atoms with E-state index in [9.17, 15) is 14.6 Å². The fraction of sp³-hybridized carbons (Fsp3) is 0.571. The summed E-state index contributed by atoms with van der Waals surface area (Å²) in [5, 5.41) is 18.4. The van der Waals surface area contributed by atoms with E-state index >= 15 is 0 Å². The van der Waals surface area contributed by atoms with Gasteiger partial charge in [0.1, 0.15) is 6.61 Å². The van der Waals surface area contributed by atoms with E-state index in [1.54, 1.807) is 25.1 Å². The second kappa shape index (κ2) is 7.43. The van der Waals surface area contributed by atoms with Gasteiger partial charge in [-0.3, -0.25) is 0 Å². The number of hydrogen-bond acceptors (Lipinski definition) is 4. The third kappa shape index (κ3) is 5.14. The van der Waals surface area contributed by atoms with Crippen molar-refractivity contribution in [2.24, 2.45) is 5.41 Å². The second-order valence-corrected chi connectivity index (χ2v) is 5.14. The van der Waals surface area contributed by atoms with Gasteiger partial charge in [-0.1, -0.05) is 19.1 Å². The van der Waals surface area contributed by atoms with Gasteiger partial charge in [0.05, 0.1) is 13.2 Å². The molecule has 0 aliphatic heterocycles. The van der Waals surface area contributed by atoms with Gasteiger partial charge in [-0.2, -0.15) is 0 Å². The van der Waals surface area contributed by atoms with Crippen LogP contribution in [0.15, 0.2) is 24.3 Å². The topological polar surface area (TPSA) is 52.9 Å². The van der Waals surface area contributed by atoms with Gasteiger partial charge in [0.25, 0.3) is 0 Å². The highest BCUT2D eigenvalue weighted by Crippen LogP contribution is 2.17. The van der Waals surface area contributed by atoms with E-state index < -0.39 is 5.41 Å². The Morgan fingerprint density at radius 2 is 1.89 bits per heavy atom. The standard InChI is InChI=1S/C14H22FNO3/c1-14(10-17,11-18)9-16(2)7-8-19-13-6-4-3-5-12(13)15/h3-6,17-18H,7-11H2,1-2H3. The van der Waals surface area contributed by atoms with E-state index in [1.165, 1.54) is 6.07 Å². The Morgan fingerprint density at radius 1 is 1.26 bits per heavy atom. The minimum absolute atomic E-state index is 0.0813. The molecule has 0 saturated heterocycles. The van der Waals surface area contributed by atoms with Gasteiger partial charge in [0.15, 0.2) is 11.6 Å². The zero-order valence-electron chi connectivity index (χ0n) is 11.5. The Hall–Kier alpha value is -1.17. The predicted octanol–water partition coefficient (Wildman–Crippen LogP) is 1.13. The molecule has 2 N–H and O–H groups in total. The van der Waals surface area contributed by atoms with Crippen LogP contribution < -0.4 is 4.74 Å². The molecule has 1 rings (SSSR count). The van der Waals surface area contributed by atoms with Crippen LogP contribution in [0.4, 0.5) is 4.39 Å². The summed E-state index contributed by atoms with van der Waals surface area (Å²) < 4.78 is 18.6. The molecule has 4 nitrogen and oxygen atoms in total. The van der Waals surface area contributed by atoms with Crippen LogP contribution in [0, 0.1) is 11.2 Å². The van der Waals surface area contributed by atoms with Crippen molar-refractivity contribution >= 4 is 0 Å². The molecule has 0 atom stereocenters. The van der Waals surface area contributed by atoms with E-state index in [-0.39, 0.29) is 24.8 Å². The molecule has 5 heteroatoms. The number of aliphatic hydroxyl groups excluding tert-OH is 2. The zero-order chi connectivity index (χ0) is 14.3. The molecule has 0 aliphatic carbocycles. The first-order chi connectivity index (χ1) is 9.00. The van der Waals surface area contributed by atoms with E-state index in [1.807, 2.05) is 11.9 Å². The van der Waals surface area contributed by atoms with E-state index in [2.05, 4.69) is 0 Å². The lowest BCUT2D eigenvalue weighted by Crippen LogP contribution is -2.40. The second-order valence-electron chi connectivity index (χ2n) is 5.14. The minimum Gasteiger partial charge on any atom is -0.489 e. The minimum atomic E-state index is -0.535. The van der Waals surface area contributed by atoms with Crippen molar-refractivity contribution < 1.29 is 19.3 Å². The maximum absolute atomic E-state index is 13.3. The molecular formula is C14H22FNO3. The van der Waals surface area contributed by atoms with Gasteiger partial charge in [-0.25, -0.2) is 4.39 Å². The number of halogens is 1. The van der Waals surface area contributed by atoms with Gasteiger partial charge < -0.3 is 19.8 Å². The maximum Gasteiger partial charge on any atom is 0.165 e. The fourth-order valence-electron chi connectivity index (χ4n) is 1.75. The third-order valence-electron chi connectivity index (χ3n) is 2.98. The van der Waals surface area contributed by atoms with Crippen molar-refractivity contribution in [2.45, 2.75) is 6.92 Å². The number of hydrogen-bond donors (Lipinski definition) is 2. The van der Waals surface area contributed by atoms with Crippen molar-refractivity contribution in [1.29, 1.82) is 0 Å². The number of nitrogens with zero attached hydrogens (tertiary/aromatic N) is 1. The van der Waals surface area contributed by atoms with Crippen molar-refractivity contribution in [3.05, 3.63) is 30.1 Å². The molecule has 0 radical (unpaired) electrons. The molecule has 0 unspecified atom stereocenters. The Kier molecular flexibility index (Phi) is 6.21. The van der Waals surface area contributed by atoms with Crippen LogP contribution in [0.2, 0.25) is 0 Å². The first kappa shape index (κ1) is 15.9. The van der Waals surface area contributed by atoms with E-state index in [4.69, 9.17) is 4.74 Å². The summed E-state index contributed by atoms with van der Waals surface area (Å²) >= 11 is 0. The van der Waals surface area contributed by atoms with Crippen LogP contribution in [0.1, 0.15) is 6.92 Å². The molecule has 1 aromatic carbocycles. The molecule has 0 bridgehead atoms. The van der Waals surface area contributed by atoms with Crippen LogP contribution in [-0.2, 0) is 0 Å². The number of aliphatic hydroxyl groups is 2. The normalized spacial score (nSPS) is 11.9. The molecule has 0 spiro atoms. The summed E-state index contributed by atoms with van der Waals surface area (Å²) in [6.45, 7) is 3.13. The number of rotatable bonds is 8. The molecule has 0 amide bonds. The first-order valence-corrected chi connectivity index (χ1v) is 6.28. The lowest BCUT2D eigenvalue weighted by Gasteiger charge is -2.30. The first-order valence-electron chi connectivity index (χ1n) is 6.28. The highest BCUT2D eigenvalue weighted by atomic mass is 19.1. The summed E-state index contributed by atoms with van der Waals surface area (Å²) in [7, 11) is 1.87. The largest absolute Gasteiger partial charge is 0.489 e. The van der Waals surface area contributed by atoms with Crippen molar-refractivity contribution in [1.82, 2.24) is 4.90 Å². The average Bonchev–Trinajstić information content (AvgIpc) is 2.41. The Labute approximate surface area is 113 Å². The summed E-state index contributed by atoms with van der Waals surface area (Å²) in [6, 6.07) is 6.27. The molecule has 0 fully saturated rings. The van der Waals surface area contributed by atoms with Crippen molar-refractivity contribution in [3.8, 4) is 5.75 Å². The van der Waals surface area contributed by atoms with Crippen LogP contribution >= 0.6 is 0 Å². The highest BCUT2D eigenvalue weighted by Gasteiger charge is 2.24. The van der Waals surface area contributed by atoms with Gasteiger partial charge in [0, 0.05) is 18.5 Å². The average molecular weight is 271 g/mol. The SMILES string of the molecule is CN(CCOc1ccccc1F)CC(C)(CO)CO. The maximum atomic E-state index is 13.3. The summed E-state index contributed by atoms with van der Waals surface area (Å²) in [5.74, 6) is -0.135. The smallest absolute Gasteiger partial charge is 0.165 e. The number of ether oxygens (including phenoxy) is 1. The number of benzene rings is 1. The van der Waals surface area contributed by atoms with Gasteiger partial charge in [-0.15, -0.1) is 0 Å². The van der Waals surface area contributed by atoms with Gasteiger partial charge in [0.2, 0.25) is 0 Å². The van der Waals surface area contributed by atoms with Crippen LogP contribution in [0.3, 0.4) is 0 Å². The van der Waals surface area contributed by atoms with E-state index in [0.29, 0.717) is 19.7 Å².